The summed E-state index contributed by atoms with van der Waals surface area (Å²) < 4.78 is 0.939. The highest BCUT2D eigenvalue weighted by Crippen LogP contribution is 2.11. The van der Waals surface area contributed by atoms with Crippen LogP contribution < -0.4 is 10.7 Å². The van der Waals surface area contributed by atoms with E-state index < -0.39 is 5.91 Å². The van der Waals surface area contributed by atoms with Crippen molar-refractivity contribution in [2.75, 3.05) is 0 Å². The van der Waals surface area contributed by atoms with Gasteiger partial charge in [-0.3, -0.25) is 9.59 Å². The molecular formula is C17H14BrN3O2. The molecular weight excluding hydrogens is 358 g/mol. The molecule has 3 rings (SSSR count). The van der Waals surface area contributed by atoms with Crippen LogP contribution in [0.5, 0.6) is 0 Å². The van der Waals surface area contributed by atoms with Gasteiger partial charge < -0.3 is 10.3 Å². The number of halogens is 1. The normalized spacial score (nSPS) is 10.7. The average Bonchev–Trinajstić information content (AvgIpc) is 2.53. The lowest BCUT2D eigenvalue weighted by atomic mass is 10.1. The minimum Gasteiger partial charge on any atom is -0.348 e. The predicted molar refractivity (Wildman–Crippen MR) is 92.4 cm³/mol. The molecule has 5 nitrogen and oxygen atoms in total. The number of H-pyrrole nitrogens is 1. The Morgan fingerprint density at radius 1 is 1.30 bits per heavy atom. The molecule has 116 valence electrons. The van der Waals surface area contributed by atoms with Crippen molar-refractivity contribution in [3.05, 3.63) is 74.1 Å². The first-order chi connectivity index (χ1) is 11.0. The highest BCUT2D eigenvalue weighted by Gasteiger charge is 2.13. The smallest absolute Gasteiger partial charge is 0.257 e. The Kier molecular flexibility index (Phi) is 4.25. The van der Waals surface area contributed by atoms with Crippen LogP contribution in [0.3, 0.4) is 0 Å². The molecule has 0 saturated carbocycles. The molecule has 2 N–H and O–H groups in total. The van der Waals surface area contributed by atoms with Crippen LogP contribution in [-0.2, 0) is 6.54 Å². The molecule has 6 heteroatoms. The van der Waals surface area contributed by atoms with Crippen LogP contribution in [0.2, 0.25) is 0 Å². The summed E-state index contributed by atoms with van der Waals surface area (Å²) in [4.78, 5) is 31.8. The van der Waals surface area contributed by atoms with Crippen LogP contribution in [0, 0.1) is 6.92 Å². The second-order valence-electron chi connectivity index (χ2n) is 5.19. The minimum atomic E-state index is -0.409. The maximum atomic E-state index is 12.4. The average molecular weight is 372 g/mol. The first kappa shape index (κ1) is 15.4. The summed E-state index contributed by atoms with van der Waals surface area (Å²) in [6, 6.07) is 11.1. The quantitative estimate of drug-likeness (QED) is 0.743. The van der Waals surface area contributed by atoms with Crippen LogP contribution in [0.4, 0.5) is 0 Å². The fraction of sp³-hybridized carbons (Fsp3) is 0.118. The molecule has 1 amide bonds. The molecule has 0 unspecified atom stereocenters. The van der Waals surface area contributed by atoms with Gasteiger partial charge in [-0.2, -0.15) is 0 Å². The van der Waals surface area contributed by atoms with Gasteiger partial charge in [0.25, 0.3) is 5.91 Å². The number of amides is 1. The molecule has 0 bridgehead atoms. The SMILES string of the molecule is Cc1ccc2c(=O)c(C(=O)NCc3cccc(Br)c3)c[nH]c2n1. The maximum absolute atomic E-state index is 12.4. The number of aromatic amines is 1. The number of aryl methyl sites for hydroxylation is 1. The number of hydrogen-bond donors (Lipinski definition) is 2. The van der Waals surface area contributed by atoms with Gasteiger partial charge in [-0.25, -0.2) is 4.98 Å². The summed E-state index contributed by atoms with van der Waals surface area (Å²) in [5.41, 5.74) is 2.00. The Bertz CT molecular complexity index is 950. The topological polar surface area (TPSA) is 74.8 Å². The van der Waals surface area contributed by atoms with E-state index in [1.165, 1.54) is 6.20 Å². The van der Waals surface area contributed by atoms with Crippen molar-refractivity contribution in [1.29, 1.82) is 0 Å². The van der Waals surface area contributed by atoms with Crippen molar-refractivity contribution in [3.8, 4) is 0 Å². The lowest BCUT2D eigenvalue weighted by molar-refractivity contribution is 0.0949. The van der Waals surface area contributed by atoms with Gasteiger partial charge >= 0.3 is 0 Å². The summed E-state index contributed by atoms with van der Waals surface area (Å²) in [6.07, 6.45) is 1.41. The zero-order valence-corrected chi connectivity index (χ0v) is 14.0. The number of aromatic nitrogens is 2. The van der Waals surface area contributed by atoms with Crippen LogP contribution in [0.25, 0.3) is 11.0 Å². The van der Waals surface area contributed by atoms with E-state index in [1.54, 1.807) is 12.1 Å². The van der Waals surface area contributed by atoms with Gasteiger partial charge in [0.15, 0.2) is 0 Å². The number of benzene rings is 1. The van der Waals surface area contributed by atoms with Crippen molar-refractivity contribution >= 4 is 32.9 Å². The summed E-state index contributed by atoms with van der Waals surface area (Å²) in [6.45, 7) is 2.19. The highest BCUT2D eigenvalue weighted by molar-refractivity contribution is 9.10. The predicted octanol–water partition coefficient (Wildman–Crippen LogP) is 2.92. The molecule has 0 aliphatic heterocycles. The Labute approximate surface area is 140 Å². The van der Waals surface area contributed by atoms with Crippen LogP contribution in [0.15, 0.2) is 51.9 Å². The van der Waals surface area contributed by atoms with Gasteiger partial charge in [0, 0.05) is 22.9 Å². The molecule has 2 aromatic heterocycles. The van der Waals surface area contributed by atoms with Gasteiger partial charge in [0.05, 0.1) is 5.39 Å². The summed E-state index contributed by atoms with van der Waals surface area (Å²) in [7, 11) is 0. The number of rotatable bonds is 3. The molecule has 2 heterocycles. The zero-order chi connectivity index (χ0) is 16.4. The molecule has 0 saturated heterocycles. The second-order valence-corrected chi connectivity index (χ2v) is 6.11. The number of carbonyl (C=O) groups is 1. The van der Waals surface area contributed by atoms with E-state index in [2.05, 4.69) is 31.2 Å². The Hall–Kier alpha value is -2.47. The van der Waals surface area contributed by atoms with Gasteiger partial charge in [-0.05, 0) is 36.8 Å². The maximum Gasteiger partial charge on any atom is 0.257 e. The lowest BCUT2D eigenvalue weighted by Crippen LogP contribution is -2.28. The van der Waals surface area contributed by atoms with Crippen molar-refractivity contribution in [2.45, 2.75) is 13.5 Å². The van der Waals surface area contributed by atoms with Gasteiger partial charge in [0.2, 0.25) is 5.43 Å². The monoisotopic (exact) mass is 371 g/mol. The largest absolute Gasteiger partial charge is 0.348 e. The van der Waals surface area contributed by atoms with E-state index in [1.807, 2.05) is 31.2 Å². The minimum absolute atomic E-state index is 0.0816. The Morgan fingerprint density at radius 3 is 2.91 bits per heavy atom. The summed E-state index contributed by atoms with van der Waals surface area (Å²) >= 11 is 3.38. The second kappa shape index (κ2) is 6.34. The molecule has 0 atom stereocenters. The fourth-order valence-corrected chi connectivity index (χ4v) is 2.74. The molecule has 1 aromatic carbocycles. The van der Waals surface area contributed by atoms with Gasteiger partial charge in [-0.15, -0.1) is 0 Å². The first-order valence-electron chi connectivity index (χ1n) is 7.06. The van der Waals surface area contributed by atoms with Crippen LogP contribution in [0.1, 0.15) is 21.6 Å². The van der Waals surface area contributed by atoms with Crippen molar-refractivity contribution in [2.24, 2.45) is 0 Å². The molecule has 3 aromatic rings. The first-order valence-corrected chi connectivity index (χ1v) is 7.85. The third kappa shape index (κ3) is 3.32. The highest BCUT2D eigenvalue weighted by atomic mass is 79.9. The fourth-order valence-electron chi connectivity index (χ4n) is 2.29. The van der Waals surface area contributed by atoms with Gasteiger partial charge in [-0.1, -0.05) is 28.1 Å². The standard InChI is InChI=1S/C17H14BrN3O2/c1-10-5-6-13-15(22)14(9-19-16(13)21-10)17(23)20-8-11-3-2-4-12(18)7-11/h2-7,9H,8H2,1H3,(H,20,23)(H,19,21,22). The number of carbonyl (C=O) groups excluding carboxylic acids is 1. The molecule has 0 spiro atoms. The molecule has 0 fully saturated rings. The summed E-state index contributed by atoms with van der Waals surface area (Å²) in [5.74, 6) is -0.409. The molecule has 0 radical (unpaired) electrons. The number of nitrogens with zero attached hydrogens (tertiary/aromatic N) is 1. The zero-order valence-electron chi connectivity index (χ0n) is 12.4. The van der Waals surface area contributed by atoms with Crippen molar-refractivity contribution < 1.29 is 4.79 Å². The number of nitrogens with one attached hydrogen (secondary N) is 2. The van der Waals surface area contributed by atoms with E-state index >= 15 is 0 Å². The van der Waals surface area contributed by atoms with Crippen molar-refractivity contribution in [3.63, 3.8) is 0 Å². The molecule has 0 aliphatic rings. The van der Waals surface area contributed by atoms with Gasteiger partial charge in [0.1, 0.15) is 11.2 Å². The third-order valence-corrected chi connectivity index (χ3v) is 3.96. The van der Waals surface area contributed by atoms with E-state index in [0.29, 0.717) is 17.6 Å². The van der Waals surface area contributed by atoms with E-state index in [-0.39, 0.29) is 11.0 Å². The van der Waals surface area contributed by atoms with E-state index in [9.17, 15) is 9.59 Å². The van der Waals surface area contributed by atoms with Crippen LogP contribution >= 0.6 is 15.9 Å². The summed E-state index contributed by atoms with van der Waals surface area (Å²) in [5, 5.41) is 3.17. The lowest BCUT2D eigenvalue weighted by Gasteiger charge is -2.06. The Balaban J connectivity index is 1.85. The number of pyridine rings is 2. The van der Waals surface area contributed by atoms with E-state index in [0.717, 1.165) is 15.7 Å². The molecule has 0 aliphatic carbocycles. The van der Waals surface area contributed by atoms with E-state index in [4.69, 9.17) is 0 Å². The van der Waals surface area contributed by atoms with Crippen molar-refractivity contribution in [1.82, 2.24) is 15.3 Å². The van der Waals surface area contributed by atoms with Crippen LogP contribution in [-0.4, -0.2) is 15.9 Å². The third-order valence-electron chi connectivity index (χ3n) is 3.46. The Morgan fingerprint density at radius 2 is 2.13 bits per heavy atom. The molecule has 23 heavy (non-hydrogen) atoms. The number of fused-ring (bicyclic) bond motifs is 1. The number of hydrogen-bond acceptors (Lipinski definition) is 3.